The van der Waals surface area contributed by atoms with Crippen LogP contribution in [0.2, 0.25) is 0 Å². The molecular formula is C13H20N2O. The number of nitrogens with two attached hydrogens (primary N) is 1. The number of hydrogen-bond acceptors (Lipinski definition) is 2. The summed E-state index contributed by atoms with van der Waals surface area (Å²) in [4.78, 5) is 14.1. The van der Waals surface area contributed by atoms with Gasteiger partial charge in [0.1, 0.15) is 0 Å². The largest absolute Gasteiger partial charge is 0.398 e. The van der Waals surface area contributed by atoms with Gasteiger partial charge < -0.3 is 10.6 Å². The highest BCUT2D eigenvalue weighted by Gasteiger charge is 2.22. The minimum atomic E-state index is 0.00287. The van der Waals surface area contributed by atoms with E-state index in [-0.39, 0.29) is 18.0 Å². The van der Waals surface area contributed by atoms with Crippen molar-refractivity contribution in [3.63, 3.8) is 0 Å². The first-order valence-electron chi connectivity index (χ1n) is 5.62. The molecule has 0 saturated carbocycles. The number of amides is 1. The van der Waals surface area contributed by atoms with Crippen molar-refractivity contribution in [2.75, 3.05) is 5.73 Å². The summed E-state index contributed by atoms with van der Waals surface area (Å²) in [5, 5.41) is 0. The maximum atomic E-state index is 12.3. The predicted octanol–water partition coefficient (Wildman–Crippen LogP) is 2.53. The van der Waals surface area contributed by atoms with Crippen LogP contribution in [0.1, 0.15) is 38.1 Å². The highest BCUT2D eigenvalue weighted by Crippen LogP contribution is 2.17. The lowest BCUT2D eigenvalue weighted by atomic mass is 10.1. The summed E-state index contributed by atoms with van der Waals surface area (Å²) in [6, 6.07) is 7.55. The average Bonchev–Trinajstić information content (AvgIpc) is 2.16. The lowest BCUT2D eigenvalue weighted by molar-refractivity contribution is 0.0645. The van der Waals surface area contributed by atoms with Crippen LogP contribution in [0, 0.1) is 0 Å². The standard InChI is InChI=1S/C13H20N2O/c1-9(2)15(10(3)4)13(16)11-7-5-6-8-12(11)14/h5-10H,14H2,1-4H3. The molecule has 1 aromatic carbocycles. The SMILES string of the molecule is CC(C)N(C(=O)c1ccccc1N)C(C)C. The van der Waals surface area contributed by atoms with E-state index in [0.717, 1.165) is 0 Å². The van der Waals surface area contributed by atoms with Gasteiger partial charge in [0.25, 0.3) is 5.91 Å². The Bertz CT molecular complexity index is 364. The molecule has 0 atom stereocenters. The quantitative estimate of drug-likeness (QED) is 0.796. The third-order valence-corrected chi connectivity index (χ3v) is 2.54. The number of nitrogens with zero attached hydrogens (tertiary/aromatic N) is 1. The van der Waals surface area contributed by atoms with Gasteiger partial charge in [-0.2, -0.15) is 0 Å². The number of carbonyl (C=O) groups excluding carboxylic acids is 1. The molecule has 0 aliphatic heterocycles. The number of para-hydroxylation sites is 1. The minimum Gasteiger partial charge on any atom is -0.398 e. The molecule has 3 heteroatoms. The Morgan fingerprint density at radius 2 is 1.62 bits per heavy atom. The lowest BCUT2D eigenvalue weighted by Gasteiger charge is -2.31. The van der Waals surface area contributed by atoms with E-state index < -0.39 is 0 Å². The second-order valence-corrected chi connectivity index (χ2v) is 4.49. The van der Waals surface area contributed by atoms with Crippen LogP contribution in [-0.4, -0.2) is 22.9 Å². The van der Waals surface area contributed by atoms with E-state index in [1.807, 2.05) is 44.7 Å². The van der Waals surface area contributed by atoms with Gasteiger partial charge in [0, 0.05) is 17.8 Å². The monoisotopic (exact) mass is 220 g/mol. The van der Waals surface area contributed by atoms with Crippen molar-refractivity contribution in [2.24, 2.45) is 0 Å². The Labute approximate surface area is 97.2 Å². The number of anilines is 1. The maximum absolute atomic E-state index is 12.3. The van der Waals surface area contributed by atoms with Gasteiger partial charge in [0.05, 0.1) is 5.56 Å². The number of carbonyl (C=O) groups is 1. The van der Waals surface area contributed by atoms with Gasteiger partial charge in [-0.3, -0.25) is 4.79 Å². The Morgan fingerprint density at radius 3 is 2.06 bits per heavy atom. The zero-order valence-electron chi connectivity index (χ0n) is 10.4. The molecule has 88 valence electrons. The molecule has 2 N–H and O–H groups in total. The molecule has 1 aromatic rings. The van der Waals surface area contributed by atoms with Crippen LogP contribution < -0.4 is 5.73 Å². The molecule has 0 radical (unpaired) electrons. The molecule has 0 saturated heterocycles. The zero-order valence-corrected chi connectivity index (χ0v) is 10.4. The van der Waals surface area contributed by atoms with E-state index in [0.29, 0.717) is 11.3 Å². The van der Waals surface area contributed by atoms with Crippen LogP contribution in [0.5, 0.6) is 0 Å². The number of hydrogen-bond donors (Lipinski definition) is 1. The van der Waals surface area contributed by atoms with Gasteiger partial charge in [-0.1, -0.05) is 12.1 Å². The van der Waals surface area contributed by atoms with Gasteiger partial charge in [-0.25, -0.2) is 0 Å². The third kappa shape index (κ3) is 2.54. The molecule has 1 rings (SSSR count). The van der Waals surface area contributed by atoms with Crippen molar-refractivity contribution < 1.29 is 4.79 Å². The van der Waals surface area contributed by atoms with Crippen LogP contribution in [0.3, 0.4) is 0 Å². The van der Waals surface area contributed by atoms with E-state index in [1.54, 1.807) is 12.1 Å². The van der Waals surface area contributed by atoms with Gasteiger partial charge in [-0.05, 0) is 39.8 Å². The van der Waals surface area contributed by atoms with Crippen molar-refractivity contribution in [3.8, 4) is 0 Å². The Balaban J connectivity index is 3.05. The molecule has 0 bridgehead atoms. The predicted molar refractivity (Wildman–Crippen MR) is 67.3 cm³/mol. The van der Waals surface area contributed by atoms with E-state index in [4.69, 9.17) is 5.73 Å². The summed E-state index contributed by atoms with van der Waals surface area (Å²) >= 11 is 0. The van der Waals surface area contributed by atoms with Crippen molar-refractivity contribution in [1.82, 2.24) is 4.90 Å². The van der Waals surface area contributed by atoms with Crippen LogP contribution in [0.4, 0.5) is 5.69 Å². The van der Waals surface area contributed by atoms with Crippen LogP contribution in [0.25, 0.3) is 0 Å². The summed E-state index contributed by atoms with van der Waals surface area (Å²) in [6.45, 7) is 8.04. The normalized spacial score (nSPS) is 10.9. The Kier molecular flexibility index (Phi) is 3.93. The van der Waals surface area contributed by atoms with E-state index in [2.05, 4.69) is 0 Å². The first-order chi connectivity index (χ1) is 7.45. The summed E-state index contributed by atoms with van der Waals surface area (Å²) < 4.78 is 0. The topological polar surface area (TPSA) is 46.3 Å². The zero-order chi connectivity index (χ0) is 12.3. The minimum absolute atomic E-state index is 0.00287. The van der Waals surface area contributed by atoms with Crippen LogP contribution in [-0.2, 0) is 0 Å². The second-order valence-electron chi connectivity index (χ2n) is 4.49. The molecule has 0 heterocycles. The lowest BCUT2D eigenvalue weighted by Crippen LogP contribution is -2.42. The fourth-order valence-electron chi connectivity index (χ4n) is 1.90. The third-order valence-electron chi connectivity index (χ3n) is 2.54. The van der Waals surface area contributed by atoms with Gasteiger partial charge in [0.15, 0.2) is 0 Å². The molecule has 0 unspecified atom stereocenters. The van der Waals surface area contributed by atoms with Crippen molar-refractivity contribution in [3.05, 3.63) is 29.8 Å². The molecule has 16 heavy (non-hydrogen) atoms. The van der Waals surface area contributed by atoms with Gasteiger partial charge in [-0.15, -0.1) is 0 Å². The maximum Gasteiger partial charge on any atom is 0.256 e. The summed E-state index contributed by atoms with van der Waals surface area (Å²) in [7, 11) is 0. The Hall–Kier alpha value is -1.51. The Morgan fingerprint density at radius 1 is 1.12 bits per heavy atom. The molecular weight excluding hydrogens is 200 g/mol. The van der Waals surface area contributed by atoms with E-state index >= 15 is 0 Å². The highest BCUT2D eigenvalue weighted by atomic mass is 16.2. The average molecular weight is 220 g/mol. The molecule has 1 amide bonds. The smallest absolute Gasteiger partial charge is 0.256 e. The first kappa shape index (κ1) is 12.6. The summed E-state index contributed by atoms with van der Waals surface area (Å²) in [5.41, 5.74) is 6.94. The summed E-state index contributed by atoms with van der Waals surface area (Å²) in [6.07, 6.45) is 0. The highest BCUT2D eigenvalue weighted by molar-refractivity contribution is 5.99. The molecule has 3 nitrogen and oxygen atoms in total. The van der Waals surface area contributed by atoms with Crippen molar-refractivity contribution in [2.45, 2.75) is 39.8 Å². The van der Waals surface area contributed by atoms with Gasteiger partial charge >= 0.3 is 0 Å². The molecule has 0 aliphatic rings. The van der Waals surface area contributed by atoms with E-state index in [1.165, 1.54) is 0 Å². The molecule has 0 fully saturated rings. The fourth-order valence-corrected chi connectivity index (χ4v) is 1.90. The first-order valence-corrected chi connectivity index (χ1v) is 5.62. The van der Waals surface area contributed by atoms with Crippen LogP contribution >= 0.6 is 0 Å². The van der Waals surface area contributed by atoms with Gasteiger partial charge in [0.2, 0.25) is 0 Å². The summed E-state index contributed by atoms with van der Waals surface area (Å²) in [5.74, 6) is 0.00287. The van der Waals surface area contributed by atoms with Crippen molar-refractivity contribution >= 4 is 11.6 Å². The fraction of sp³-hybridized carbons (Fsp3) is 0.462. The number of nitrogen functional groups attached to an aromatic ring is 1. The molecule has 0 aromatic heterocycles. The van der Waals surface area contributed by atoms with E-state index in [9.17, 15) is 4.79 Å². The number of rotatable bonds is 3. The van der Waals surface area contributed by atoms with Crippen molar-refractivity contribution in [1.29, 1.82) is 0 Å². The molecule has 0 spiro atoms. The van der Waals surface area contributed by atoms with Crippen LogP contribution in [0.15, 0.2) is 24.3 Å². The second kappa shape index (κ2) is 5.01. The number of benzene rings is 1. The molecule has 0 aliphatic carbocycles.